The molecule has 0 saturated carbocycles. The Morgan fingerprint density at radius 3 is 1.52 bits per heavy atom. The number of aryl methyl sites for hydroxylation is 3. The van der Waals surface area contributed by atoms with Crippen molar-refractivity contribution in [2.75, 3.05) is 0 Å². The molecule has 5 nitrogen and oxygen atoms in total. The Bertz CT molecular complexity index is 3700. The van der Waals surface area contributed by atoms with Crippen molar-refractivity contribution in [3.8, 4) is 55.6 Å². The Hall–Kier alpha value is -6.84. The number of aliphatic hydroxyl groups is 1. The molecule has 73 heavy (non-hydrogen) atoms. The molecule has 0 bridgehead atoms. The highest BCUT2D eigenvalue weighted by Gasteiger charge is 2.38. The highest BCUT2D eigenvalue weighted by Crippen LogP contribution is 2.53. The van der Waals surface area contributed by atoms with Crippen molar-refractivity contribution in [1.29, 1.82) is 0 Å². The predicted octanol–water partition coefficient (Wildman–Crippen LogP) is 18.1. The fourth-order valence-electron chi connectivity index (χ4n) is 12.0. The molecule has 0 atom stereocenters. The molecule has 9 aromatic rings. The van der Waals surface area contributed by atoms with Crippen LogP contribution in [0.2, 0.25) is 0 Å². The average molecular weight is 992 g/mol. The van der Waals surface area contributed by atoms with Gasteiger partial charge in [0.05, 0.1) is 11.7 Å². The normalized spacial score (nSPS) is 14.5. The van der Waals surface area contributed by atoms with Crippen LogP contribution in [0.5, 0.6) is 0 Å². The summed E-state index contributed by atoms with van der Waals surface area (Å²) in [6.45, 7) is 14.6. The van der Waals surface area contributed by atoms with Gasteiger partial charge in [0.2, 0.25) is 5.76 Å². The quantitative estimate of drug-likeness (QED) is 0.0631. The Balaban J connectivity index is 0.790. The number of aliphatic hydroxyl groups excluding tert-OH is 1. The van der Waals surface area contributed by atoms with Crippen molar-refractivity contribution >= 4 is 50.4 Å². The van der Waals surface area contributed by atoms with E-state index in [-0.39, 0.29) is 17.3 Å². The third kappa shape index (κ3) is 8.67. The summed E-state index contributed by atoms with van der Waals surface area (Å²) in [6.07, 6.45) is 3.04. The van der Waals surface area contributed by atoms with E-state index in [9.17, 15) is 18.0 Å². The first-order valence-corrected chi connectivity index (χ1v) is 26.6. The number of alkyl halides is 3. The average Bonchev–Trinajstić information content (AvgIpc) is 4.09. The lowest BCUT2D eigenvalue weighted by molar-refractivity contribution is -0.125. The summed E-state index contributed by atoms with van der Waals surface area (Å²) < 4.78 is 49.8. The number of benzene rings is 7. The van der Waals surface area contributed by atoms with Crippen LogP contribution >= 0.6 is 11.7 Å². The summed E-state index contributed by atoms with van der Waals surface area (Å²) in [5.74, 6) is -2.51. The van der Waals surface area contributed by atoms with E-state index >= 15 is 0 Å². The summed E-state index contributed by atoms with van der Waals surface area (Å²) in [7, 11) is 0. The fraction of sp³-hybridized carbons (Fsp3) is 0.297. The van der Waals surface area contributed by atoms with Gasteiger partial charge in [0.15, 0.2) is 5.78 Å². The first-order valence-electron chi connectivity index (χ1n) is 25.8. The van der Waals surface area contributed by atoms with Crippen LogP contribution in [-0.4, -0.2) is 30.4 Å². The van der Waals surface area contributed by atoms with Gasteiger partial charge in [-0.1, -0.05) is 156 Å². The Kier molecular flexibility index (Phi) is 12.3. The lowest BCUT2D eigenvalue weighted by Crippen LogP contribution is -2.15. The molecule has 0 saturated heterocycles. The van der Waals surface area contributed by atoms with Crippen molar-refractivity contribution in [3.63, 3.8) is 0 Å². The van der Waals surface area contributed by atoms with E-state index in [1.165, 1.54) is 106 Å². The second kappa shape index (κ2) is 18.6. The minimum Gasteiger partial charge on any atom is -0.504 e. The molecule has 1 N–H and O–H groups in total. The maximum absolute atomic E-state index is 12.5. The molecule has 2 aliphatic rings. The number of allylic oxidation sites excluding steroid dienone is 2. The van der Waals surface area contributed by atoms with Crippen LogP contribution in [0, 0.1) is 13.8 Å². The molecule has 7 aromatic carbocycles. The number of carbonyl (C=O) groups is 1. The smallest absolute Gasteiger partial charge is 0.448 e. The summed E-state index contributed by atoms with van der Waals surface area (Å²) in [5, 5.41) is 11.5. The van der Waals surface area contributed by atoms with Gasteiger partial charge in [0, 0.05) is 62.8 Å². The standard InChI is InChI=1S/C64H60F3N3O2S/c1-38-17-28-57-51(31-38)52-33-40(21-29-58(52)70(57)30-14-12-10-8-7-9-11-13-15-44(71)37-59(72)64(65,66)67)41-18-23-48-50-25-20-43(36-56(50)63(5,6)54(48)34-41)46-27-26-45(60-61(46)69-73-68-60)42-19-24-49-47-22-16-39(2)32-53(47)62(3,4)55(49)35-42/h16-29,31-37,72H,7-15,30H2,1-6H3. The Morgan fingerprint density at radius 1 is 0.534 bits per heavy atom. The van der Waals surface area contributed by atoms with Crippen molar-refractivity contribution in [3.05, 3.63) is 167 Å². The van der Waals surface area contributed by atoms with E-state index in [1.807, 2.05) is 0 Å². The molecule has 2 aromatic heterocycles. The number of nitrogens with zero attached hydrogens (tertiary/aromatic N) is 3. The molecule has 0 unspecified atom stereocenters. The predicted molar refractivity (Wildman–Crippen MR) is 295 cm³/mol. The van der Waals surface area contributed by atoms with Crippen molar-refractivity contribution in [2.45, 2.75) is 123 Å². The van der Waals surface area contributed by atoms with E-state index in [0.717, 1.165) is 79.2 Å². The molecule has 2 heterocycles. The highest BCUT2D eigenvalue weighted by molar-refractivity contribution is 7.00. The van der Waals surface area contributed by atoms with Gasteiger partial charge in [0.25, 0.3) is 0 Å². The van der Waals surface area contributed by atoms with Crippen LogP contribution < -0.4 is 0 Å². The van der Waals surface area contributed by atoms with Crippen LogP contribution in [0.3, 0.4) is 0 Å². The van der Waals surface area contributed by atoms with Crippen molar-refractivity contribution in [2.24, 2.45) is 0 Å². The molecular formula is C64H60F3N3O2S. The lowest BCUT2D eigenvalue weighted by atomic mass is 9.80. The third-order valence-corrected chi connectivity index (χ3v) is 16.6. The fourth-order valence-corrected chi connectivity index (χ4v) is 12.6. The molecule has 2 aliphatic carbocycles. The third-order valence-electron chi connectivity index (χ3n) is 16.0. The van der Waals surface area contributed by atoms with Crippen molar-refractivity contribution in [1.82, 2.24) is 13.3 Å². The molecule has 0 amide bonds. The van der Waals surface area contributed by atoms with Crippen LogP contribution in [-0.2, 0) is 22.2 Å². The SMILES string of the molecule is Cc1ccc2c(c1)C(C)(C)c1cc(-c3ccc(-c4ccc5c(c4)C(C)(C)c4cc(-c6ccc7c(c6)c6cc(C)ccc6n7CCCCCCCCCCC(=O)C=C(O)C(F)(F)F)ccc4-5)c4nsnc34)ccc1-2. The number of fused-ring (bicyclic) bond motifs is 10. The van der Waals surface area contributed by atoms with E-state index in [0.29, 0.717) is 12.5 Å². The first kappa shape index (κ1) is 48.4. The van der Waals surface area contributed by atoms with E-state index in [4.69, 9.17) is 13.9 Å². The summed E-state index contributed by atoms with van der Waals surface area (Å²) in [4.78, 5) is 11.8. The number of carbonyl (C=O) groups excluding carboxylic acids is 1. The zero-order valence-electron chi connectivity index (χ0n) is 42.4. The number of rotatable bonds is 15. The molecular weight excluding hydrogens is 932 g/mol. The first-order chi connectivity index (χ1) is 35.0. The minimum absolute atomic E-state index is 0.0152. The Labute approximate surface area is 429 Å². The molecule has 0 radical (unpaired) electrons. The van der Waals surface area contributed by atoms with Gasteiger partial charge < -0.3 is 9.67 Å². The number of unbranched alkanes of at least 4 members (excludes halogenated alkanes) is 7. The maximum atomic E-state index is 12.5. The zero-order valence-corrected chi connectivity index (χ0v) is 43.3. The molecule has 0 aliphatic heterocycles. The van der Waals surface area contributed by atoms with E-state index < -0.39 is 17.7 Å². The van der Waals surface area contributed by atoms with E-state index in [2.05, 4.69) is 167 Å². The zero-order chi connectivity index (χ0) is 51.0. The van der Waals surface area contributed by atoms with Gasteiger partial charge in [0.1, 0.15) is 11.0 Å². The second-order valence-corrected chi connectivity index (χ2v) is 22.2. The van der Waals surface area contributed by atoms with Crippen LogP contribution in [0.1, 0.15) is 119 Å². The van der Waals surface area contributed by atoms with Gasteiger partial charge in [-0.25, -0.2) is 0 Å². The van der Waals surface area contributed by atoms with Crippen molar-refractivity contribution < 1.29 is 23.1 Å². The van der Waals surface area contributed by atoms with Gasteiger partial charge in [-0.15, -0.1) is 0 Å². The van der Waals surface area contributed by atoms with Gasteiger partial charge in [-0.2, -0.15) is 21.9 Å². The molecule has 0 spiro atoms. The highest BCUT2D eigenvalue weighted by atomic mass is 32.1. The number of hydrogen-bond donors (Lipinski definition) is 1. The van der Waals surface area contributed by atoms with Gasteiger partial charge in [-0.05, 0) is 136 Å². The number of ketones is 1. The van der Waals surface area contributed by atoms with Crippen LogP contribution in [0.4, 0.5) is 13.2 Å². The largest absolute Gasteiger partial charge is 0.504 e. The number of hydrogen-bond acceptors (Lipinski definition) is 5. The van der Waals surface area contributed by atoms with Crippen LogP contribution in [0.25, 0.3) is 88.5 Å². The number of aromatic nitrogens is 3. The molecule has 9 heteroatoms. The summed E-state index contributed by atoms with van der Waals surface area (Å²) >= 11 is 1.28. The Morgan fingerprint density at radius 2 is 0.945 bits per heavy atom. The van der Waals surface area contributed by atoms with Crippen LogP contribution in [0.15, 0.2) is 133 Å². The molecule has 370 valence electrons. The minimum atomic E-state index is -4.88. The molecule has 11 rings (SSSR count). The molecule has 0 fully saturated rings. The topological polar surface area (TPSA) is 68.0 Å². The summed E-state index contributed by atoms with van der Waals surface area (Å²) in [5.41, 5.74) is 24.1. The summed E-state index contributed by atoms with van der Waals surface area (Å²) in [6, 6.07) is 45.9. The maximum Gasteiger partial charge on any atom is 0.448 e. The monoisotopic (exact) mass is 991 g/mol. The van der Waals surface area contributed by atoms with Gasteiger partial charge >= 0.3 is 6.18 Å². The van der Waals surface area contributed by atoms with E-state index in [1.54, 1.807) is 0 Å². The van der Waals surface area contributed by atoms with Gasteiger partial charge in [-0.3, -0.25) is 4.79 Å². The second-order valence-electron chi connectivity index (χ2n) is 21.7. The lowest BCUT2D eigenvalue weighted by Gasteiger charge is -2.23. The number of halogens is 3.